The average molecular weight is 386 g/mol. The Balaban J connectivity index is 1.68. The number of para-hydroxylation sites is 1. The number of rotatable bonds is 8. The van der Waals surface area contributed by atoms with Crippen LogP contribution in [0.15, 0.2) is 65.3 Å². The first-order valence-corrected chi connectivity index (χ1v) is 8.89. The van der Waals surface area contributed by atoms with Crippen LogP contribution in [-0.4, -0.2) is 17.5 Å². The zero-order valence-corrected chi connectivity index (χ0v) is 15.3. The third-order valence-electron chi connectivity index (χ3n) is 4.17. The summed E-state index contributed by atoms with van der Waals surface area (Å²) >= 11 is 0. The van der Waals surface area contributed by atoms with Gasteiger partial charge in [0.05, 0.1) is 18.2 Å². The van der Waals surface area contributed by atoms with Crippen molar-refractivity contribution in [3.63, 3.8) is 0 Å². The SMILES string of the molecule is CCC(NC(=O)Cc1coc(-c2ccccc2)n1)c1ccccc1OC(F)F. The standard InChI is InChI=1S/C21H20F2N2O3/c1-2-17(16-10-6-7-11-18(16)28-21(22)23)25-19(26)12-15-13-27-20(24-15)14-8-4-3-5-9-14/h3-11,13,17,21H,2,12H2,1H3,(H,25,26). The highest BCUT2D eigenvalue weighted by Gasteiger charge is 2.19. The summed E-state index contributed by atoms with van der Waals surface area (Å²) in [6.45, 7) is -1.07. The van der Waals surface area contributed by atoms with E-state index >= 15 is 0 Å². The maximum Gasteiger partial charge on any atom is 0.387 e. The molecule has 3 aromatic rings. The van der Waals surface area contributed by atoms with Crippen molar-refractivity contribution in [3.05, 3.63) is 72.1 Å². The van der Waals surface area contributed by atoms with Crippen molar-refractivity contribution < 1.29 is 22.7 Å². The first-order chi connectivity index (χ1) is 13.6. The second kappa shape index (κ2) is 9.12. The maximum absolute atomic E-state index is 12.6. The number of nitrogens with one attached hydrogen (secondary N) is 1. The lowest BCUT2D eigenvalue weighted by Gasteiger charge is -2.20. The van der Waals surface area contributed by atoms with Crippen LogP contribution in [0, 0.1) is 0 Å². The molecule has 2 aromatic carbocycles. The smallest absolute Gasteiger partial charge is 0.387 e. The minimum atomic E-state index is -2.93. The van der Waals surface area contributed by atoms with Gasteiger partial charge in [-0.1, -0.05) is 43.3 Å². The number of alkyl halides is 2. The van der Waals surface area contributed by atoms with Crippen LogP contribution in [0.1, 0.15) is 30.6 Å². The van der Waals surface area contributed by atoms with Crippen LogP contribution in [0.3, 0.4) is 0 Å². The largest absolute Gasteiger partial charge is 0.444 e. The molecule has 1 unspecified atom stereocenters. The number of hydrogen-bond acceptors (Lipinski definition) is 4. The van der Waals surface area contributed by atoms with E-state index in [0.717, 1.165) is 5.56 Å². The first-order valence-electron chi connectivity index (χ1n) is 8.89. The van der Waals surface area contributed by atoms with E-state index < -0.39 is 12.7 Å². The summed E-state index contributed by atoms with van der Waals surface area (Å²) < 4.78 is 35.3. The molecule has 146 valence electrons. The van der Waals surface area contributed by atoms with Gasteiger partial charge in [0.2, 0.25) is 11.8 Å². The van der Waals surface area contributed by atoms with Gasteiger partial charge in [-0.25, -0.2) is 4.98 Å². The van der Waals surface area contributed by atoms with E-state index in [2.05, 4.69) is 15.0 Å². The predicted octanol–water partition coefficient (Wildman–Crippen LogP) is 4.75. The predicted molar refractivity (Wildman–Crippen MR) is 99.9 cm³/mol. The molecule has 5 nitrogen and oxygen atoms in total. The summed E-state index contributed by atoms with van der Waals surface area (Å²) in [5, 5.41) is 2.85. The van der Waals surface area contributed by atoms with E-state index in [4.69, 9.17) is 4.42 Å². The summed E-state index contributed by atoms with van der Waals surface area (Å²) in [4.78, 5) is 16.8. The summed E-state index contributed by atoms with van der Waals surface area (Å²) in [5.41, 5.74) is 1.81. The van der Waals surface area contributed by atoms with E-state index in [1.54, 1.807) is 18.2 Å². The minimum absolute atomic E-state index is 0.0186. The van der Waals surface area contributed by atoms with Gasteiger partial charge in [0, 0.05) is 11.1 Å². The topological polar surface area (TPSA) is 64.4 Å². The Morgan fingerprint density at radius 3 is 2.57 bits per heavy atom. The molecular formula is C21H20F2N2O3. The number of halogens is 2. The van der Waals surface area contributed by atoms with Crippen molar-refractivity contribution in [3.8, 4) is 17.2 Å². The molecule has 0 aliphatic rings. The number of carbonyl (C=O) groups is 1. The Morgan fingerprint density at radius 2 is 1.86 bits per heavy atom. The van der Waals surface area contributed by atoms with Crippen molar-refractivity contribution in [2.45, 2.75) is 32.4 Å². The van der Waals surface area contributed by atoms with Gasteiger partial charge in [-0.15, -0.1) is 0 Å². The molecule has 0 spiro atoms. The molecule has 0 aliphatic carbocycles. The molecule has 1 aromatic heterocycles. The summed E-state index contributed by atoms with van der Waals surface area (Å²) in [7, 11) is 0. The van der Waals surface area contributed by atoms with E-state index in [0.29, 0.717) is 23.6 Å². The molecule has 0 saturated heterocycles. The van der Waals surface area contributed by atoms with Crippen LogP contribution in [0.2, 0.25) is 0 Å². The maximum atomic E-state index is 12.6. The van der Waals surface area contributed by atoms with Crippen LogP contribution >= 0.6 is 0 Å². The molecule has 0 bridgehead atoms. The molecule has 7 heteroatoms. The number of oxazole rings is 1. The van der Waals surface area contributed by atoms with Crippen molar-refractivity contribution in [1.29, 1.82) is 0 Å². The van der Waals surface area contributed by atoms with Crippen LogP contribution < -0.4 is 10.1 Å². The van der Waals surface area contributed by atoms with Crippen LogP contribution in [0.25, 0.3) is 11.5 Å². The number of carbonyl (C=O) groups excluding carboxylic acids is 1. The third-order valence-corrected chi connectivity index (χ3v) is 4.17. The van der Waals surface area contributed by atoms with Crippen molar-refractivity contribution >= 4 is 5.91 Å². The second-order valence-corrected chi connectivity index (χ2v) is 6.13. The summed E-state index contributed by atoms with van der Waals surface area (Å²) in [6, 6.07) is 15.3. The highest BCUT2D eigenvalue weighted by molar-refractivity contribution is 5.78. The average Bonchev–Trinajstić information content (AvgIpc) is 3.15. The monoisotopic (exact) mass is 386 g/mol. The summed E-state index contributed by atoms with van der Waals surface area (Å²) in [5.74, 6) is 0.204. The van der Waals surface area contributed by atoms with Gasteiger partial charge in [-0.05, 0) is 24.6 Å². The second-order valence-electron chi connectivity index (χ2n) is 6.13. The zero-order chi connectivity index (χ0) is 19.9. The van der Waals surface area contributed by atoms with Gasteiger partial charge in [0.1, 0.15) is 12.0 Å². The van der Waals surface area contributed by atoms with E-state index in [9.17, 15) is 13.6 Å². The number of amides is 1. The van der Waals surface area contributed by atoms with Crippen LogP contribution in [-0.2, 0) is 11.2 Å². The third kappa shape index (κ3) is 4.94. The van der Waals surface area contributed by atoms with Gasteiger partial charge in [-0.3, -0.25) is 4.79 Å². The fraction of sp³-hybridized carbons (Fsp3) is 0.238. The molecule has 0 radical (unpaired) electrons. The van der Waals surface area contributed by atoms with E-state index in [-0.39, 0.29) is 18.1 Å². The number of ether oxygens (including phenoxy) is 1. The molecule has 3 rings (SSSR count). The lowest BCUT2D eigenvalue weighted by Crippen LogP contribution is -2.30. The lowest BCUT2D eigenvalue weighted by atomic mass is 10.0. The summed E-state index contributed by atoms with van der Waals surface area (Å²) in [6.07, 6.45) is 1.98. The number of benzene rings is 2. The first kappa shape index (κ1) is 19.5. The lowest BCUT2D eigenvalue weighted by molar-refractivity contribution is -0.121. The highest BCUT2D eigenvalue weighted by atomic mass is 19.3. The number of aromatic nitrogens is 1. The Morgan fingerprint density at radius 1 is 1.14 bits per heavy atom. The molecular weight excluding hydrogens is 366 g/mol. The van der Waals surface area contributed by atoms with Crippen LogP contribution in [0.4, 0.5) is 8.78 Å². The number of hydrogen-bond donors (Lipinski definition) is 1. The molecule has 1 heterocycles. The normalized spacial score (nSPS) is 12.0. The Hall–Kier alpha value is -3.22. The van der Waals surface area contributed by atoms with Crippen molar-refractivity contribution in [2.75, 3.05) is 0 Å². The Kier molecular flexibility index (Phi) is 6.37. The molecule has 1 amide bonds. The molecule has 1 N–H and O–H groups in total. The highest BCUT2D eigenvalue weighted by Crippen LogP contribution is 2.28. The minimum Gasteiger partial charge on any atom is -0.444 e. The molecule has 1 atom stereocenters. The molecule has 0 fully saturated rings. The van der Waals surface area contributed by atoms with Crippen molar-refractivity contribution in [2.24, 2.45) is 0 Å². The zero-order valence-electron chi connectivity index (χ0n) is 15.3. The van der Waals surface area contributed by atoms with Gasteiger partial charge in [-0.2, -0.15) is 8.78 Å². The van der Waals surface area contributed by atoms with Gasteiger partial charge in [0.25, 0.3) is 0 Å². The van der Waals surface area contributed by atoms with Crippen molar-refractivity contribution in [1.82, 2.24) is 10.3 Å². The van der Waals surface area contributed by atoms with Gasteiger partial charge in [0.15, 0.2) is 0 Å². The quantitative estimate of drug-likeness (QED) is 0.607. The van der Waals surface area contributed by atoms with Gasteiger partial charge >= 0.3 is 6.61 Å². The van der Waals surface area contributed by atoms with E-state index in [1.165, 1.54) is 12.3 Å². The fourth-order valence-corrected chi connectivity index (χ4v) is 2.88. The Labute approximate surface area is 161 Å². The molecule has 0 saturated carbocycles. The fourth-order valence-electron chi connectivity index (χ4n) is 2.88. The van der Waals surface area contributed by atoms with Crippen LogP contribution in [0.5, 0.6) is 5.75 Å². The van der Waals surface area contributed by atoms with E-state index in [1.807, 2.05) is 37.3 Å². The van der Waals surface area contributed by atoms with Gasteiger partial charge < -0.3 is 14.5 Å². The molecule has 0 aliphatic heterocycles. The Bertz CT molecular complexity index is 913. The number of nitrogens with zero attached hydrogens (tertiary/aromatic N) is 1. The molecule has 28 heavy (non-hydrogen) atoms.